The Hall–Kier alpha value is -4.06. The number of rotatable bonds is 6. The third-order valence-electron chi connectivity index (χ3n) is 5.93. The molecule has 0 radical (unpaired) electrons. The number of nitrogens with zero attached hydrogens (tertiary/aromatic N) is 1. The van der Waals surface area contributed by atoms with E-state index in [9.17, 15) is 14.7 Å². The minimum absolute atomic E-state index is 0.0410. The molecule has 1 aliphatic rings. The summed E-state index contributed by atoms with van der Waals surface area (Å²) in [5, 5.41) is 11.3. The van der Waals surface area contributed by atoms with Gasteiger partial charge in [0.15, 0.2) is 0 Å². The molecule has 1 N–H and O–H groups in total. The van der Waals surface area contributed by atoms with Gasteiger partial charge in [-0.3, -0.25) is 14.5 Å². The van der Waals surface area contributed by atoms with Gasteiger partial charge in [0.05, 0.1) is 25.3 Å². The number of aliphatic hydroxyl groups is 1. The molecular weight excluding hydrogens is 430 g/mol. The molecule has 1 fully saturated rings. The molecule has 6 heteroatoms. The van der Waals surface area contributed by atoms with Crippen molar-refractivity contribution in [3.05, 3.63) is 94.6 Å². The van der Waals surface area contributed by atoms with Crippen molar-refractivity contribution in [2.24, 2.45) is 0 Å². The number of aryl methyl sites for hydroxylation is 2. The number of amides is 1. The maximum absolute atomic E-state index is 13.3. The van der Waals surface area contributed by atoms with Gasteiger partial charge in [0.2, 0.25) is 0 Å². The van der Waals surface area contributed by atoms with Crippen molar-refractivity contribution in [3.8, 4) is 11.5 Å². The quantitative estimate of drug-likeness (QED) is 0.307. The van der Waals surface area contributed by atoms with Gasteiger partial charge in [-0.15, -0.1) is 0 Å². The number of benzene rings is 3. The van der Waals surface area contributed by atoms with E-state index in [1.54, 1.807) is 55.6 Å². The van der Waals surface area contributed by atoms with Gasteiger partial charge in [-0.05, 0) is 74.4 Å². The third kappa shape index (κ3) is 4.15. The van der Waals surface area contributed by atoms with Gasteiger partial charge < -0.3 is 14.6 Å². The first kappa shape index (κ1) is 23.1. The lowest BCUT2D eigenvalue weighted by atomic mass is 9.94. The van der Waals surface area contributed by atoms with E-state index in [1.807, 2.05) is 39.0 Å². The predicted octanol–water partition coefficient (Wildman–Crippen LogP) is 5.34. The monoisotopic (exact) mass is 457 g/mol. The van der Waals surface area contributed by atoms with Crippen LogP contribution in [0.5, 0.6) is 11.5 Å². The molecule has 1 heterocycles. The van der Waals surface area contributed by atoms with Crippen molar-refractivity contribution in [1.82, 2.24) is 0 Å². The second-order valence-electron chi connectivity index (χ2n) is 8.19. The highest BCUT2D eigenvalue weighted by molar-refractivity contribution is 6.51. The molecule has 1 atom stereocenters. The van der Waals surface area contributed by atoms with E-state index >= 15 is 0 Å². The van der Waals surface area contributed by atoms with Crippen molar-refractivity contribution in [2.45, 2.75) is 26.8 Å². The summed E-state index contributed by atoms with van der Waals surface area (Å²) in [7, 11) is 1.57. The second-order valence-corrected chi connectivity index (χ2v) is 8.19. The molecule has 34 heavy (non-hydrogen) atoms. The molecule has 3 aromatic rings. The number of aliphatic hydroxyl groups excluding tert-OH is 1. The fraction of sp³-hybridized carbons (Fsp3) is 0.214. The van der Waals surface area contributed by atoms with Gasteiger partial charge in [0.1, 0.15) is 17.3 Å². The van der Waals surface area contributed by atoms with Crippen LogP contribution in [-0.2, 0) is 9.59 Å². The zero-order chi connectivity index (χ0) is 24.4. The number of ether oxygens (including phenoxy) is 2. The molecule has 0 spiro atoms. The maximum atomic E-state index is 13.3. The Morgan fingerprint density at radius 1 is 0.941 bits per heavy atom. The molecule has 4 rings (SSSR count). The van der Waals surface area contributed by atoms with Crippen molar-refractivity contribution in [3.63, 3.8) is 0 Å². The zero-order valence-corrected chi connectivity index (χ0v) is 19.7. The van der Waals surface area contributed by atoms with Crippen molar-refractivity contribution >= 4 is 23.1 Å². The molecule has 174 valence electrons. The number of anilines is 1. The van der Waals surface area contributed by atoms with Crippen molar-refractivity contribution in [2.75, 3.05) is 18.6 Å². The Bertz CT molecular complexity index is 1260. The van der Waals surface area contributed by atoms with Gasteiger partial charge >= 0.3 is 0 Å². The molecule has 0 bridgehead atoms. The van der Waals surface area contributed by atoms with E-state index in [0.717, 1.165) is 11.1 Å². The molecule has 3 aromatic carbocycles. The lowest BCUT2D eigenvalue weighted by Gasteiger charge is -2.27. The fourth-order valence-electron chi connectivity index (χ4n) is 4.29. The molecule has 6 nitrogen and oxygen atoms in total. The van der Waals surface area contributed by atoms with E-state index in [-0.39, 0.29) is 11.3 Å². The lowest BCUT2D eigenvalue weighted by molar-refractivity contribution is -0.132. The molecule has 0 aliphatic carbocycles. The average Bonchev–Trinajstić information content (AvgIpc) is 3.10. The average molecular weight is 458 g/mol. The van der Waals surface area contributed by atoms with Crippen LogP contribution >= 0.6 is 0 Å². The topological polar surface area (TPSA) is 76.1 Å². The summed E-state index contributed by atoms with van der Waals surface area (Å²) in [5.41, 5.74) is 3.70. The van der Waals surface area contributed by atoms with Crippen LogP contribution in [0.1, 0.15) is 35.2 Å². The SMILES string of the molecule is CCOc1ccc(/C(O)=C2\C(=O)C(=O)N(c3ccc(C)cc3C)C2c2ccc(OC)cc2)cc1. The van der Waals surface area contributed by atoms with Crippen molar-refractivity contribution < 1.29 is 24.2 Å². The van der Waals surface area contributed by atoms with Crippen LogP contribution in [0.2, 0.25) is 0 Å². The molecule has 0 aromatic heterocycles. The highest BCUT2D eigenvalue weighted by atomic mass is 16.5. The molecular formula is C28H27NO5. The summed E-state index contributed by atoms with van der Waals surface area (Å²) >= 11 is 0. The second kappa shape index (κ2) is 9.43. The predicted molar refractivity (Wildman–Crippen MR) is 131 cm³/mol. The smallest absolute Gasteiger partial charge is 0.300 e. The number of carbonyl (C=O) groups excluding carboxylic acids is 2. The minimum atomic E-state index is -0.793. The number of ketones is 1. The number of hydrogen-bond acceptors (Lipinski definition) is 5. The summed E-state index contributed by atoms with van der Waals surface area (Å²) in [6.45, 7) is 6.28. The number of methoxy groups -OCH3 is 1. The molecule has 1 unspecified atom stereocenters. The first-order valence-electron chi connectivity index (χ1n) is 11.1. The maximum Gasteiger partial charge on any atom is 0.300 e. The van der Waals surface area contributed by atoms with E-state index in [0.29, 0.717) is 34.9 Å². The Kier molecular flexibility index (Phi) is 6.41. The van der Waals surface area contributed by atoms with Crippen LogP contribution < -0.4 is 14.4 Å². The van der Waals surface area contributed by atoms with Gasteiger partial charge in [-0.2, -0.15) is 0 Å². The zero-order valence-electron chi connectivity index (χ0n) is 19.7. The summed E-state index contributed by atoms with van der Waals surface area (Å²) in [4.78, 5) is 28.1. The van der Waals surface area contributed by atoms with Gasteiger partial charge in [0, 0.05) is 11.3 Å². The standard InChI is InChI=1S/C28H27NO5/c1-5-34-22-13-9-20(10-14-22)26(30)24-25(19-7-11-21(33-4)12-8-19)29(28(32)27(24)31)23-15-6-17(2)16-18(23)3/h6-16,25,30H,5H2,1-4H3/b26-24+. The highest BCUT2D eigenvalue weighted by Crippen LogP contribution is 2.43. The summed E-state index contributed by atoms with van der Waals surface area (Å²) in [6, 6.07) is 18.9. The molecule has 1 aliphatic heterocycles. The first-order chi connectivity index (χ1) is 16.3. The van der Waals surface area contributed by atoms with Gasteiger partial charge in [-0.25, -0.2) is 0 Å². The number of carbonyl (C=O) groups is 2. The third-order valence-corrected chi connectivity index (χ3v) is 5.93. The Balaban J connectivity index is 1.90. The Labute approximate surface area is 199 Å². The van der Waals surface area contributed by atoms with E-state index in [2.05, 4.69) is 0 Å². The lowest BCUT2D eigenvalue weighted by Crippen LogP contribution is -2.30. The highest BCUT2D eigenvalue weighted by Gasteiger charge is 2.47. The van der Waals surface area contributed by atoms with Crippen LogP contribution in [-0.4, -0.2) is 30.5 Å². The Morgan fingerprint density at radius 3 is 2.18 bits per heavy atom. The number of hydrogen-bond donors (Lipinski definition) is 1. The van der Waals surface area contributed by atoms with Crippen LogP contribution in [0.25, 0.3) is 5.76 Å². The fourth-order valence-corrected chi connectivity index (χ4v) is 4.29. The minimum Gasteiger partial charge on any atom is -0.507 e. The van der Waals surface area contributed by atoms with E-state index in [1.165, 1.54) is 4.90 Å². The van der Waals surface area contributed by atoms with Gasteiger partial charge in [0.25, 0.3) is 11.7 Å². The van der Waals surface area contributed by atoms with Crippen LogP contribution in [0.15, 0.2) is 72.3 Å². The molecule has 1 amide bonds. The summed E-state index contributed by atoms with van der Waals surface area (Å²) in [6.07, 6.45) is 0. The van der Waals surface area contributed by atoms with Crippen LogP contribution in [0, 0.1) is 13.8 Å². The van der Waals surface area contributed by atoms with Crippen LogP contribution in [0.4, 0.5) is 5.69 Å². The van der Waals surface area contributed by atoms with E-state index < -0.39 is 17.7 Å². The molecule has 0 saturated carbocycles. The first-order valence-corrected chi connectivity index (χ1v) is 11.1. The summed E-state index contributed by atoms with van der Waals surface area (Å²) < 4.78 is 10.7. The number of Topliss-reactive ketones (excluding diaryl/α,β-unsaturated/α-hetero) is 1. The summed E-state index contributed by atoms with van der Waals surface area (Å²) in [5.74, 6) is -0.331. The van der Waals surface area contributed by atoms with Gasteiger partial charge in [-0.1, -0.05) is 29.8 Å². The van der Waals surface area contributed by atoms with Crippen LogP contribution in [0.3, 0.4) is 0 Å². The normalized spacial score (nSPS) is 17.2. The Morgan fingerprint density at radius 2 is 1.59 bits per heavy atom. The largest absolute Gasteiger partial charge is 0.507 e. The van der Waals surface area contributed by atoms with Crippen molar-refractivity contribution in [1.29, 1.82) is 0 Å². The molecule has 1 saturated heterocycles. The van der Waals surface area contributed by atoms with E-state index in [4.69, 9.17) is 9.47 Å².